The van der Waals surface area contributed by atoms with Crippen LogP contribution in [0.1, 0.15) is 39.4 Å². The second kappa shape index (κ2) is 5.93. The van der Waals surface area contributed by atoms with Crippen LogP contribution in [0.25, 0.3) is 0 Å². The zero-order valence-electron chi connectivity index (χ0n) is 12.9. The van der Waals surface area contributed by atoms with Gasteiger partial charge in [0.25, 0.3) is 0 Å². The highest BCUT2D eigenvalue weighted by Crippen LogP contribution is 2.23. The van der Waals surface area contributed by atoms with Gasteiger partial charge in [-0.2, -0.15) is 0 Å². The van der Waals surface area contributed by atoms with Crippen LogP contribution in [-0.2, 0) is 5.41 Å². The molecule has 1 aromatic heterocycles. The lowest BCUT2D eigenvalue weighted by atomic mass is 9.96. The molecule has 1 fully saturated rings. The molecule has 0 amide bonds. The van der Waals surface area contributed by atoms with Crippen LogP contribution in [0.4, 0.5) is 11.6 Å². The van der Waals surface area contributed by atoms with Crippen LogP contribution in [0.3, 0.4) is 0 Å². The minimum absolute atomic E-state index is 0.101. The zero-order chi connectivity index (χ0) is 14.8. The lowest BCUT2D eigenvalue weighted by molar-refractivity contribution is 0.263. The predicted octanol–water partition coefficient (Wildman–Crippen LogP) is 1.57. The van der Waals surface area contributed by atoms with Crippen molar-refractivity contribution in [1.29, 1.82) is 0 Å². The largest absolute Gasteiger partial charge is 0.367 e. The molecule has 1 aromatic rings. The Morgan fingerprint density at radius 2 is 1.80 bits per heavy atom. The molecule has 0 spiro atoms. The van der Waals surface area contributed by atoms with E-state index in [1.807, 2.05) is 6.07 Å². The van der Waals surface area contributed by atoms with Crippen molar-refractivity contribution in [3.8, 4) is 0 Å². The zero-order valence-corrected chi connectivity index (χ0v) is 12.9. The van der Waals surface area contributed by atoms with Crippen LogP contribution in [0.5, 0.6) is 0 Å². The highest BCUT2D eigenvalue weighted by Gasteiger charge is 2.21. The van der Waals surface area contributed by atoms with Gasteiger partial charge < -0.3 is 15.6 Å². The number of hydrogen-bond donors (Lipinski definition) is 3. The van der Waals surface area contributed by atoms with Crippen LogP contribution in [0, 0.1) is 0 Å². The van der Waals surface area contributed by atoms with Crippen molar-refractivity contribution in [3.05, 3.63) is 11.9 Å². The molecule has 4 N–H and O–H groups in total. The molecule has 0 atom stereocenters. The van der Waals surface area contributed by atoms with Crippen LogP contribution in [0.15, 0.2) is 6.07 Å². The first-order chi connectivity index (χ1) is 9.38. The molecular formula is C14H26N6. The lowest BCUT2D eigenvalue weighted by Gasteiger charge is -2.30. The van der Waals surface area contributed by atoms with Crippen LogP contribution >= 0.6 is 0 Å². The van der Waals surface area contributed by atoms with E-state index in [0.717, 1.165) is 37.6 Å². The number of anilines is 2. The smallest absolute Gasteiger partial charge is 0.145 e. The number of nitrogens with zero attached hydrogens (tertiary/aromatic N) is 3. The van der Waals surface area contributed by atoms with Gasteiger partial charge in [-0.05, 0) is 33.0 Å². The summed E-state index contributed by atoms with van der Waals surface area (Å²) >= 11 is 0. The summed E-state index contributed by atoms with van der Waals surface area (Å²) < 4.78 is 0. The van der Waals surface area contributed by atoms with Crippen molar-refractivity contribution in [2.24, 2.45) is 5.84 Å². The number of aromatic nitrogens is 2. The van der Waals surface area contributed by atoms with Crippen molar-refractivity contribution in [3.63, 3.8) is 0 Å². The summed E-state index contributed by atoms with van der Waals surface area (Å²) in [6.07, 6.45) is 2.27. The van der Waals surface area contributed by atoms with Crippen LogP contribution < -0.4 is 16.6 Å². The highest BCUT2D eigenvalue weighted by molar-refractivity contribution is 5.48. The molecule has 0 unspecified atom stereocenters. The summed E-state index contributed by atoms with van der Waals surface area (Å²) in [4.78, 5) is 11.4. The number of hydrogen-bond acceptors (Lipinski definition) is 6. The average Bonchev–Trinajstić information content (AvgIpc) is 2.40. The molecule has 0 bridgehead atoms. The molecular weight excluding hydrogens is 252 g/mol. The van der Waals surface area contributed by atoms with Gasteiger partial charge in [0.2, 0.25) is 0 Å². The maximum absolute atomic E-state index is 5.51. The van der Waals surface area contributed by atoms with Gasteiger partial charge in [-0.25, -0.2) is 15.8 Å². The Morgan fingerprint density at radius 3 is 2.35 bits per heavy atom. The van der Waals surface area contributed by atoms with E-state index in [2.05, 4.69) is 53.4 Å². The SMILES string of the molecule is CN1CCC(Nc2cc(NN)nc(C(C)(C)C)n2)CC1. The van der Waals surface area contributed by atoms with E-state index in [4.69, 9.17) is 5.84 Å². The molecule has 2 rings (SSSR count). The summed E-state index contributed by atoms with van der Waals surface area (Å²) in [7, 11) is 2.16. The summed E-state index contributed by atoms with van der Waals surface area (Å²) in [5, 5.41) is 3.52. The Hall–Kier alpha value is -1.40. The third kappa shape index (κ3) is 3.80. The summed E-state index contributed by atoms with van der Waals surface area (Å²) in [6, 6.07) is 2.34. The first-order valence-corrected chi connectivity index (χ1v) is 7.20. The fourth-order valence-corrected chi connectivity index (χ4v) is 2.29. The normalized spacial score (nSPS) is 18.1. The van der Waals surface area contributed by atoms with Crippen LogP contribution in [0.2, 0.25) is 0 Å². The maximum atomic E-state index is 5.51. The Morgan fingerprint density at radius 1 is 1.20 bits per heavy atom. The van der Waals surface area contributed by atoms with Crippen molar-refractivity contribution in [2.45, 2.75) is 45.1 Å². The number of nitrogens with two attached hydrogens (primary N) is 1. The van der Waals surface area contributed by atoms with E-state index in [-0.39, 0.29) is 5.41 Å². The Kier molecular flexibility index (Phi) is 4.45. The molecule has 6 heteroatoms. The Labute approximate surface area is 121 Å². The molecule has 1 aliphatic heterocycles. The molecule has 2 heterocycles. The van der Waals surface area contributed by atoms with E-state index in [1.54, 1.807) is 0 Å². The predicted molar refractivity (Wildman–Crippen MR) is 82.7 cm³/mol. The standard InChI is InChI=1S/C14H26N6/c1-14(2,3)13-17-11(9-12(18-13)19-15)16-10-5-7-20(4)8-6-10/h9-10H,5-8,15H2,1-4H3,(H2,16,17,18,19). The second-order valence-electron chi connectivity index (χ2n) is 6.58. The van der Waals surface area contributed by atoms with Gasteiger partial charge in [-0.15, -0.1) is 0 Å². The molecule has 112 valence electrons. The molecule has 6 nitrogen and oxygen atoms in total. The number of piperidine rings is 1. The molecule has 20 heavy (non-hydrogen) atoms. The number of likely N-dealkylation sites (tertiary alicyclic amines) is 1. The Balaban J connectivity index is 2.14. The fraction of sp³-hybridized carbons (Fsp3) is 0.714. The number of rotatable bonds is 3. The maximum Gasteiger partial charge on any atom is 0.145 e. The van der Waals surface area contributed by atoms with Gasteiger partial charge >= 0.3 is 0 Å². The van der Waals surface area contributed by atoms with E-state index in [9.17, 15) is 0 Å². The third-order valence-electron chi connectivity index (χ3n) is 3.62. The van der Waals surface area contributed by atoms with Crippen molar-refractivity contribution < 1.29 is 0 Å². The van der Waals surface area contributed by atoms with E-state index in [1.165, 1.54) is 0 Å². The minimum Gasteiger partial charge on any atom is -0.367 e. The first kappa shape index (κ1) is 15.0. The summed E-state index contributed by atoms with van der Waals surface area (Å²) in [5.41, 5.74) is 2.52. The van der Waals surface area contributed by atoms with Crippen molar-refractivity contribution in [2.75, 3.05) is 30.9 Å². The van der Waals surface area contributed by atoms with E-state index < -0.39 is 0 Å². The molecule has 1 aliphatic rings. The van der Waals surface area contributed by atoms with Gasteiger partial charge in [0.05, 0.1) is 0 Å². The van der Waals surface area contributed by atoms with Gasteiger partial charge in [0.1, 0.15) is 17.5 Å². The first-order valence-electron chi connectivity index (χ1n) is 7.20. The minimum atomic E-state index is -0.101. The topological polar surface area (TPSA) is 79.1 Å². The molecule has 0 saturated carbocycles. The highest BCUT2D eigenvalue weighted by atomic mass is 15.3. The Bertz CT molecular complexity index is 445. The third-order valence-corrected chi connectivity index (χ3v) is 3.62. The van der Waals surface area contributed by atoms with E-state index >= 15 is 0 Å². The molecule has 1 saturated heterocycles. The number of nitrogen functional groups attached to an aromatic ring is 1. The summed E-state index contributed by atoms with van der Waals surface area (Å²) in [5.74, 6) is 7.81. The van der Waals surface area contributed by atoms with Gasteiger partial charge in [-0.3, -0.25) is 0 Å². The quantitative estimate of drug-likeness (QED) is 0.575. The number of nitrogens with one attached hydrogen (secondary N) is 2. The molecule has 0 aromatic carbocycles. The van der Waals surface area contributed by atoms with Gasteiger partial charge in [-0.1, -0.05) is 20.8 Å². The fourth-order valence-electron chi connectivity index (χ4n) is 2.29. The van der Waals surface area contributed by atoms with Gasteiger partial charge in [0.15, 0.2) is 0 Å². The summed E-state index contributed by atoms with van der Waals surface area (Å²) in [6.45, 7) is 8.54. The number of hydrazine groups is 1. The molecule has 0 radical (unpaired) electrons. The van der Waals surface area contributed by atoms with Gasteiger partial charge in [0, 0.05) is 17.5 Å². The molecule has 0 aliphatic carbocycles. The second-order valence-corrected chi connectivity index (χ2v) is 6.58. The lowest BCUT2D eigenvalue weighted by Crippen LogP contribution is -2.37. The van der Waals surface area contributed by atoms with E-state index in [0.29, 0.717) is 11.9 Å². The van der Waals surface area contributed by atoms with Crippen molar-refractivity contribution in [1.82, 2.24) is 14.9 Å². The van der Waals surface area contributed by atoms with Crippen LogP contribution in [-0.4, -0.2) is 41.0 Å². The van der Waals surface area contributed by atoms with Crippen molar-refractivity contribution >= 4 is 11.6 Å². The average molecular weight is 278 g/mol. The monoisotopic (exact) mass is 278 g/mol.